The van der Waals surface area contributed by atoms with Gasteiger partial charge in [0.25, 0.3) is 0 Å². The predicted octanol–water partition coefficient (Wildman–Crippen LogP) is 7.17. The Kier molecular flexibility index (Phi) is 5.54. The molecule has 0 saturated heterocycles. The summed E-state index contributed by atoms with van der Waals surface area (Å²) in [5.74, 6) is 0.927. The summed E-state index contributed by atoms with van der Waals surface area (Å²) in [4.78, 5) is 0. The number of hydrogen-bond donors (Lipinski definition) is 0. The third kappa shape index (κ3) is 4.05. The van der Waals surface area contributed by atoms with Crippen LogP contribution in [0.1, 0.15) is 69.9 Å². The van der Waals surface area contributed by atoms with Gasteiger partial charge in [0.05, 0.1) is 0 Å². The summed E-state index contributed by atoms with van der Waals surface area (Å²) in [6, 6.07) is 14.0. The minimum absolute atomic E-state index is 0.927. The fraction of sp³-hybridized carbons (Fsp3) is 0.478. The zero-order valence-corrected chi connectivity index (χ0v) is 14.8. The maximum Gasteiger partial charge on any atom is -0.0178 e. The second-order valence-corrected chi connectivity index (χ2v) is 7.16. The van der Waals surface area contributed by atoms with E-state index in [-0.39, 0.29) is 0 Å². The molecule has 1 aliphatic rings. The van der Waals surface area contributed by atoms with Gasteiger partial charge in [-0.1, -0.05) is 75.9 Å². The van der Waals surface area contributed by atoms with E-state index in [1.807, 2.05) is 0 Å². The van der Waals surface area contributed by atoms with Crippen molar-refractivity contribution in [3.63, 3.8) is 0 Å². The first-order valence-corrected chi connectivity index (χ1v) is 9.52. The summed E-state index contributed by atoms with van der Waals surface area (Å²) in [7, 11) is 0. The van der Waals surface area contributed by atoms with Gasteiger partial charge in [0.15, 0.2) is 0 Å². The van der Waals surface area contributed by atoms with E-state index in [1.165, 1.54) is 73.3 Å². The van der Waals surface area contributed by atoms with Gasteiger partial charge in [0, 0.05) is 0 Å². The van der Waals surface area contributed by atoms with Crippen LogP contribution < -0.4 is 0 Å². The smallest absolute Gasteiger partial charge is 0.0178 e. The van der Waals surface area contributed by atoms with Crippen molar-refractivity contribution in [2.45, 2.75) is 65.2 Å². The largest absolute Gasteiger partial charge is 0.0804 e. The van der Waals surface area contributed by atoms with E-state index < -0.39 is 0 Å². The number of rotatable bonds is 6. The molecule has 2 aromatic rings. The fourth-order valence-corrected chi connectivity index (χ4v) is 3.84. The fourth-order valence-electron chi connectivity index (χ4n) is 3.84. The Hall–Kier alpha value is -1.56. The molecule has 0 bridgehead atoms. The quantitative estimate of drug-likeness (QED) is 0.531. The molecule has 3 rings (SSSR count). The molecule has 2 aromatic carbocycles. The van der Waals surface area contributed by atoms with Crippen molar-refractivity contribution in [1.82, 2.24) is 0 Å². The van der Waals surface area contributed by atoms with E-state index >= 15 is 0 Å². The van der Waals surface area contributed by atoms with Crippen LogP contribution in [-0.4, -0.2) is 0 Å². The lowest BCUT2D eigenvalue weighted by Gasteiger charge is -2.22. The van der Waals surface area contributed by atoms with Crippen molar-refractivity contribution in [2.75, 3.05) is 0 Å². The summed E-state index contributed by atoms with van der Waals surface area (Å²) >= 11 is 0. The molecule has 0 radical (unpaired) electrons. The maximum atomic E-state index is 2.51. The average molecular weight is 306 g/mol. The zero-order valence-electron chi connectivity index (χ0n) is 14.8. The van der Waals surface area contributed by atoms with Gasteiger partial charge < -0.3 is 0 Å². The number of fused-ring (bicyclic) bond motifs is 1. The molecule has 122 valence electrons. The van der Waals surface area contributed by atoms with Gasteiger partial charge >= 0.3 is 0 Å². The van der Waals surface area contributed by atoms with Gasteiger partial charge in [-0.15, -0.1) is 0 Å². The molecule has 0 amide bonds. The Morgan fingerprint density at radius 3 is 2.52 bits per heavy atom. The van der Waals surface area contributed by atoms with Crippen LogP contribution >= 0.6 is 0 Å². The molecule has 1 atom stereocenters. The van der Waals surface area contributed by atoms with Crippen LogP contribution in [0.3, 0.4) is 0 Å². The van der Waals surface area contributed by atoms with Crippen molar-refractivity contribution in [3.8, 4) is 0 Å². The normalized spacial score (nSPS) is 18.2. The first kappa shape index (κ1) is 16.3. The molecule has 0 N–H and O–H groups in total. The van der Waals surface area contributed by atoms with Crippen LogP contribution in [0.4, 0.5) is 0 Å². The average Bonchev–Trinajstić information content (AvgIpc) is 2.60. The molecule has 0 aliphatic heterocycles. The van der Waals surface area contributed by atoms with E-state index in [9.17, 15) is 0 Å². The monoisotopic (exact) mass is 306 g/mol. The van der Waals surface area contributed by atoms with Gasteiger partial charge in [-0.3, -0.25) is 0 Å². The molecule has 1 unspecified atom stereocenters. The lowest BCUT2D eigenvalue weighted by molar-refractivity contribution is 0.434. The van der Waals surface area contributed by atoms with Crippen LogP contribution in [0.2, 0.25) is 0 Å². The van der Waals surface area contributed by atoms with Crippen LogP contribution in [0.15, 0.2) is 42.5 Å². The minimum atomic E-state index is 0.927. The maximum absolute atomic E-state index is 2.51. The molecular formula is C23H30. The summed E-state index contributed by atoms with van der Waals surface area (Å²) in [5.41, 5.74) is 4.47. The van der Waals surface area contributed by atoms with Gasteiger partial charge in [-0.2, -0.15) is 0 Å². The lowest BCUT2D eigenvalue weighted by Crippen LogP contribution is -2.05. The Morgan fingerprint density at radius 1 is 0.957 bits per heavy atom. The molecule has 0 fully saturated rings. The molecule has 1 aliphatic carbocycles. The number of benzene rings is 2. The molecule has 0 spiro atoms. The number of aryl methyl sites for hydroxylation is 1. The second-order valence-electron chi connectivity index (χ2n) is 7.16. The van der Waals surface area contributed by atoms with Crippen molar-refractivity contribution < 1.29 is 0 Å². The molecule has 23 heavy (non-hydrogen) atoms. The third-order valence-electron chi connectivity index (χ3n) is 5.30. The standard InChI is InChI=1S/C23H30/c1-3-5-7-18-8-11-20(12-9-18)22-15-14-21-16-19(6-4-2)10-13-23(21)17-22/h10-11,13-18H,3-9,12H2,1-2H3. The van der Waals surface area contributed by atoms with Crippen molar-refractivity contribution >= 4 is 16.3 Å². The Bertz CT molecular complexity index is 677. The van der Waals surface area contributed by atoms with E-state index in [1.54, 1.807) is 5.57 Å². The van der Waals surface area contributed by atoms with Crippen molar-refractivity contribution in [2.24, 2.45) is 5.92 Å². The highest BCUT2D eigenvalue weighted by molar-refractivity contribution is 5.87. The highest BCUT2D eigenvalue weighted by Crippen LogP contribution is 2.33. The van der Waals surface area contributed by atoms with Gasteiger partial charge in [0.1, 0.15) is 0 Å². The van der Waals surface area contributed by atoms with E-state index in [2.05, 4.69) is 56.3 Å². The molecule has 0 heteroatoms. The van der Waals surface area contributed by atoms with E-state index in [0.29, 0.717) is 0 Å². The Morgan fingerprint density at radius 2 is 1.78 bits per heavy atom. The number of allylic oxidation sites excluding steroid dienone is 2. The van der Waals surface area contributed by atoms with E-state index in [0.717, 1.165) is 5.92 Å². The van der Waals surface area contributed by atoms with Crippen molar-refractivity contribution in [1.29, 1.82) is 0 Å². The summed E-state index contributed by atoms with van der Waals surface area (Å²) in [6.45, 7) is 4.54. The zero-order chi connectivity index (χ0) is 16.1. The van der Waals surface area contributed by atoms with Gasteiger partial charge in [0.2, 0.25) is 0 Å². The van der Waals surface area contributed by atoms with Crippen LogP contribution in [0.5, 0.6) is 0 Å². The second kappa shape index (κ2) is 7.81. The first-order valence-electron chi connectivity index (χ1n) is 9.52. The predicted molar refractivity (Wildman–Crippen MR) is 103 cm³/mol. The summed E-state index contributed by atoms with van der Waals surface area (Å²) < 4.78 is 0. The number of unbranched alkanes of at least 4 members (excludes halogenated alkanes) is 1. The SMILES string of the molecule is CCCCC1CC=C(c2ccc3cc(CCC)ccc3c2)CC1. The van der Waals surface area contributed by atoms with E-state index in [4.69, 9.17) is 0 Å². The molecule has 0 nitrogen and oxygen atoms in total. The van der Waals surface area contributed by atoms with Crippen LogP contribution in [0, 0.1) is 5.92 Å². The lowest BCUT2D eigenvalue weighted by atomic mass is 9.83. The van der Waals surface area contributed by atoms with Crippen molar-refractivity contribution in [3.05, 3.63) is 53.6 Å². The van der Waals surface area contributed by atoms with Gasteiger partial charge in [-0.05, 0) is 65.1 Å². The van der Waals surface area contributed by atoms with Crippen LogP contribution in [0.25, 0.3) is 16.3 Å². The highest BCUT2D eigenvalue weighted by atomic mass is 14.2. The first-order chi connectivity index (χ1) is 11.3. The highest BCUT2D eigenvalue weighted by Gasteiger charge is 2.15. The van der Waals surface area contributed by atoms with Gasteiger partial charge in [-0.25, -0.2) is 0 Å². The Balaban J connectivity index is 1.76. The summed E-state index contributed by atoms with van der Waals surface area (Å²) in [5, 5.41) is 2.77. The molecule has 0 saturated carbocycles. The summed E-state index contributed by atoms with van der Waals surface area (Å²) in [6.07, 6.45) is 13.0. The number of hydrogen-bond acceptors (Lipinski definition) is 0. The molecule has 0 aromatic heterocycles. The molecule has 0 heterocycles. The Labute approximate surface area is 141 Å². The topological polar surface area (TPSA) is 0 Å². The van der Waals surface area contributed by atoms with Crippen LogP contribution in [-0.2, 0) is 6.42 Å². The minimum Gasteiger partial charge on any atom is -0.0804 e. The molecular weight excluding hydrogens is 276 g/mol. The third-order valence-corrected chi connectivity index (χ3v) is 5.30.